The molecule has 0 aliphatic carbocycles. The summed E-state index contributed by atoms with van der Waals surface area (Å²) in [6, 6.07) is 23.7. The minimum atomic E-state index is -3.67. The van der Waals surface area contributed by atoms with Gasteiger partial charge in [-0.25, -0.2) is 13.1 Å². The topological polar surface area (TPSA) is 58.4 Å². The van der Waals surface area contributed by atoms with Gasteiger partial charge >= 0.3 is 0 Å². The van der Waals surface area contributed by atoms with E-state index in [9.17, 15) is 8.42 Å². The van der Waals surface area contributed by atoms with Gasteiger partial charge in [0.1, 0.15) is 10.6 Å². The van der Waals surface area contributed by atoms with Crippen molar-refractivity contribution in [2.75, 3.05) is 26.2 Å². The van der Waals surface area contributed by atoms with Gasteiger partial charge in [-0.1, -0.05) is 54.6 Å². The molecule has 1 saturated heterocycles. The van der Waals surface area contributed by atoms with Gasteiger partial charge < -0.3 is 0 Å². The van der Waals surface area contributed by atoms with E-state index in [-0.39, 0.29) is 4.90 Å². The third kappa shape index (κ3) is 4.27. The van der Waals surface area contributed by atoms with Crippen LogP contribution in [0.2, 0.25) is 0 Å². The van der Waals surface area contributed by atoms with E-state index in [1.54, 1.807) is 15.2 Å². The summed E-state index contributed by atoms with van der Waals surface area (Å²) >= 11 is 1.50. The van der Waals surface area contributed by atoms with Crippen molar-refractivity contribution in [3.8, 4) is 16.3 Å². The fourth-order valence-electron chi connectivity index (χ4n) is 3.95. The second-order valence-corrected chi connectivity index (χ2v) is 10.6. The number of piperazine rings is 1. The van der Waals surface area contributed by atoms with E-state index >= 15 is 0 Å². The van der Waals surface area contributed by atoms with Crippen molar-refractivity contribution in [3.05, 3.63) is 89.9 Å². The van der Waals surface area contributed by atoms with Gasteiger partial charge in [0.2, 0.25) is 10.0 Å². The SMILES string of the molecule is O=S(=O)(c1cn(-c2ccccc2)nc1-c1cccs1)N1CCN(Cc2ccccc2)CC1. The highest BCUT2D eigenvalue weighted by atomic mass is 32.2. The lowest BCUT2D eigenvalue weighted by molar-refractivity contribution is 0.181. The molecule has 6 nitrogen and oxygen atoms in total. The highest BCUT2D eigenvalue weighted by molar-refractivity contribution is 7.89. The van der Waals surface area contributed by atoms with Crippen LogP contribution in [0.3, 0.4) is 0 Å². The van der Waals surface area contributed by atoms with Gasteiger partial charge in [0.05, 0.1) is 16.8 Å². The molecule has 0 amide bonds. The van der Waals surface area contributed by atoms with E-state index in [2.05, 4.69) is 22.1 Å². The van der Waals surface area contributed by atoms with E-state index in [1.165, 1.54) is 16.9 Å². The predicted octanol–water partition coefficient (Wildman–Crippen LogP) is 4.11. The van der Waals surface area contributed by atoms with Crippen LogP contribution < -0.4 is 0 Å². The van der Waals surface area contributed by atoms with Crippen molar-refractivity contribution in [3.63, 3.8) is 0 Å². The largest absolute Gasteiger partial charge is 0.296 e. The molecule has 1 aliphatic rings. The zero-order valence-corrected chi connectivity index (χ0v) is 19.2. The average molecular weight is 465 g/mol. The van der Waals surface area contributed by atoms with E-state index < -0.39 is 10.0 Å². The van der Waals surface area contributed by atoms with Crippen LogP contribution in [-0.4, -0.2) is 53.6 Å². The van der Waals surface area contributed by atoms with Gasteiger partial charge in [-0.3, -0.25) is 4.90 Å². The molecule has 4 aromatic rings. The summed E-state index contributed by atoms with van der Waals surface area (Å²) in [5, 5.41) is 6.61. The van der Waals surface area contributed by atoms with Crippen LogP contribution in [-0.2, 0) is 16.6 Å². The second-order valence-electron chi connectivity index (χ2n) is 7.77. The minimum absolute atomic E-state index is 0.264. The fraction of sp³-hybridized carbons (Fsp3) is 0.208. The standard InChI is InChI=1S/C24H24N4O2S2/c29-32(30,27-15-13-26(14-16-27)18-20-8-3-1-4-9-20)23-19-28(21-10-5-2-6-11-21)25-24(23)22-12-7-17-31-22/h1-12,17,19H,13-16,18H2. The summed E-state index contributed by atoms with van der Waals surface area (Å²) < 4.78 is 30.6. The van der Waals surface area contributed by atoms with Crippen LogP contribution >= 0.6 is 11.3 Å². The van der Waals surface area contributed by atoms with Crippen molar-refractivity contribution < 1.29 is 8.42 Å². The molecule has 0 spiro atoms. The van der Waals surface area contributed by atoms with Crippen molar-refractivity contribution in [2.24, 2.45) is 0 Å². The highest BCUT2D eigenvalue weighted by Gasteiger charge is 2.33. The smallest absolute Gasteiger partial charge is 0.246 e. The summed E-state index contributed by atoms with van der Waals surface area (Å²) in [6.45, 7) is 3.18. The zero-order valence-electron chi connectivity index (χ0n) is 17.5. The maximum absolute atomic E-state index is 13.7. The van der Waals surface area contributed by atoms with Gasteiger partial charge in [0, 0.05) is 32.7 Å². The molecule has 1 fully saturated rings. The van der Waals surface area contributed by atoms with Crippen molar-refractivity contribution in [1.82, 2.24) is 19.0 Å². The van der Waals surface area contributed by atoms with E-state index in [1.807, 2.05) is 66.0 Å². The third-order valence-corrected chi connectivity index (χ3v) is 8.43. The molecule has 0 bridgehead atoms. The first-order valence-electron chi connectivity index (χ1n) is 10.6. The Hall–Kier alpha value is -2.78. The molecular formula is C24H24N4O2S2. The lowest BCUT2D eigenvalue weighted by Gasteiger charge is -2.33. The summed E-state index contributed by atoms with van der Waals surface area (Å²) in [5.74, 6) is 0. The van der Waals surface area contributed by atoms with Crippen molar-refractivity contribution in [1.29, 1.82) is 0 Å². The molecule has 0 saturated carbocycles. The molecule has 0 radical (unpaired) electrons. The van der Waals surface area contributed by atoms with Crippen LogP contribution in [0.4, 0.5) is 0 Å². The summed E-state index contributed by atoms with van der Waals surface area (Å²) in [6.07, 6.45) is 1.65. The van der Waals surface area contributed by atoms with E-state index in [0.717, 1.165) is 17.1 Å². The number of hydrogen-bond acceptors (Lipinski definition) is 5. The summed E-state index contributed by atoms with van der Waals surface area (Å²) in [4.78, 5) is 3.41. The van der Waals surface area contributed by atoms with Crippen LogP contribution in [0.15, 0.2) is 89.3 Å². The van der Waals surface area contributed by atoms with E-state index in [0.29, 0.717) is 31.9 Å². The summed E-state index contributed by atoms with van der Waals surface area (Å²) in [5.41, 5.74) is 2.59. The first-order valence-corrected chi connectivity index (χ1v) is 12.9. The molecule has 5 rings (SSSR count). The Morgan fingerprint density at radius 3 is 2.19 bits per heavy atom. The Morgan fingerprint density at radius 1 is 0.844 bits per heavy atom. The molecule has 3 heterocycles. The normalized spacial score (nSPS) is 15.8. The number of rotatable bonds is 6. The predicted molar refractivity (Wildman–Crippen MR) is 127 cm³/mol. The fourth-order valence-corrected chi connectivity index (χ4v) is 6.29. The Morgan fingerprint density at radius 2 is 1.53 bits per heavy atom. The second kappa shape index (κ2) is 8.99. The van der Waals surface area contributed by atoms with Crippen LogP contribution in [0.1, 0.15) is 5.56 Å². The maximum atomic E-state index is 13.7. The molecule has 1 aliphatic heterocycles. The quantitative estimate of drug-likeness (QED) is 0.431. The lowest BCUT2D eigenvalue weighted by atomic mass is 10.2. The zero-order chi connectivity index (χ0) is 22.0. The van der Waals surface area contributed by atoms with Gasteiger partial charge in [-0.05, 0) is 29.1 Å². The van der Waals surface area contributed by atoms with Crippen LogP contribution in [0.25, 0.3) is 16.3 Å². The number of nitrogens with zero attached hydrogens (tertiary/aromatic N) is 4. The molecule has 0 N–H and O–H groups in total. The van der Waals surface area contributed by atoms with E-state index in [4.69, 9.17) is 0 Å². The molecule has 0 atom stereocenters. The highest BCUT2D eigenvalue weighted by Crippen LogP contribution is 2.32. The minimum Gasteiger partial charge on any atom is -0.296 e. The number of hydrogen-bond donors (Lipinski definition) is 0. The Balaban J connectivity index is 1.40. The molecule has 2 aromatic carbocycles. The Labute approximate surface area is 192 Å². The monoisotopic (exact) mass is 464 g/mol. The summed E-state index contributed by atoms with van der Waals surface area (Å²) in [7, 11) is -3.67. The molecule has 8 heteroatoms. The molecule has 32 heavy (non-hydrogen) atoms. The Kier molecular flexibility index (Phi) is 5.93. The van der Waals surface area contributed by atoms with Crippen LogP contribution in [0, 0.1) is 0 Å². The van der Waals surface area contributed by atoms with Crippen LogP contribution in [0.5, 0.6) is 0 Å². The lowest BCUT2D eigenvalue weighted by Crippen LogP contribution is -2.48. The molecule has 164 valence electrons. The molecule has 2 aromatic heterocycles. The number of para-hydroxylation sites is 1. The maximum Gasteiger partial charge on any atom is 0.246 e. The third-order valence-electron chi connectivity index (χ3n) is 5.65. The van der Waals surface area contributed by atoms with Gasteiger partial charge in [-0.2, -0.15) is 9.40 Å². The Bertz CT molecular complexity index is 1260. The number of sulfonamides is 1. The number of thiophene rings is 1. The van der Waals surface area contributed by atoms with Crippen molar-refractivity contribution in [2.45, 2.75) is 11.4 Å². The first kappa shape index (κ1) is 21.1. The van der Waals surface area contributed by atoms with Gasteiger partial charge in [0.15, 0.2) is 0 Å². The number of aromatic nitrogens is 2. The average Bonchev–Trinajstić information content (AvgIpc) is 3.51. The van der Waals surface area contributed by atoms with Gasteiger partial charge in [-0.15, -0.1) is 11.3 Å². The molecule has 0 unspecified atom stereocenters. The molecular weight excluding hydrogens is 440 g/mol. The first-order chi connectivity index (χ1) is 15.6. The van der Waals surface area contributed by atoms with Crippen molar-refractivity contribution >= 4 is 21.4 Å². The number of benzene rings is 2. The van der Waals surface area contributed by atoms with Gasteiger partial charge in [0.25, 0.3) is 0 Å².